The Morgan fingerprint density at radius 2 is 1.45 bits per heavy atom. The molecule has 0 heterocycles. The van der Waals surface area contributed by atoms with E-state index < -0.39 is 5.41 Å². The fourth-order valence-corrected chi connectivity index (χ4v) is 2.19. The average molecular weight is 266 g/mol. The number of hydrogen-bond acceptors (Lipinski definition) is 2. The van der Waals surface area contributed by atoms with Gasteiger partial charge in [0.1, 0.15) is 11.5 Å². The molecule has 0 aliphatic carbocycles. The molecule has 0 amide bonds. The van der Waals surface area contributed by atoms with Gasteiger partial charge in [0, 0.05) is 0 Å². The minimum atomic E-state index is -0.567. The normalized spacial score (nSPS) is 11.3. The molecule has 0 saturated heterocycles. The molecule has 0 aromatic heterocycles. The van der Waals surface area contributed by atoms with Crippen LogP contribution in [0.15, 0.2) is 55.1 Å². The highest BCUT2D eigenvalue weighted by Gasteiger charge is 2.22. The molecular weight excluding hydrogens is 248 g/mol. The van der Waals surface area contributed by atoms with Crippen LogP contribution in [0, 0.1) is 6.92 Å². The molecule has 0 bridgehead atoms. The topological polar surface area (TPSA) is 40.5 Å². The van der Waals surface area contributed by atoms with E-state index in [9.17, 15) is 10.2 Å². The van der Waals surface area contributed by atoms with Gasteiger partial charge >= 0.3 is 0 Å². The van der Waals surface area contributed by atoms with Crippen molar-refractivity contribution < 1.29 is 10.2 Å². The van der Waals surface area contributed by atoms with Crippen LogP contribution in [0.5, 0.6) is 11.5 Å². The van der Waals surface area contributed by atoms with Crippen LogP contribution in [0.3, 0.4) is 0 Å². The van der Waals surface area contributed by atoms with E-state index in [2.05, 4.69) is 6.58 Å². The number of allylic oxidation sites excluding steroid dienone is 1. The van der Waals surface area contributed by atoms with E-state index >= 15 is 0 Å². The summed E-state index contributed by atoms with van der Waals surface area (Å²) in [5.74, 6) is 0.456. The molecule has 102 valence electrons. The Bertz CT molecular complexity index is 592. The Kier molecular flexibility index (Phi) is 3.84. The van der Waals surface area contributed by atoms with Gasteiger partial charge in [0.05, 0.1) is 0 Å². The van der Waals surface area contributed by atoms with Crippen molar-refractivity contribution in [3.8, 4) is 11.5 Å². The second-order valence-corrected chi connectivity index (χ2v) is 5.29. The number of aromatic hydroxyl groups is 2. The molecular formula is C18H18O2. The Labute approximate surface area is 120 Å². The van der Waals surface area contributed by atoms with Crippen LogP contribution < -0.4 is 0 Å². The molecule has 1 atom stereocenters. The predicted octanol–water partition coefficient (Wildman–Crippen LogP) is 4.17. The van der Waals surface area contributed by atoms with Gasteiger partial charge in [0.15, 0.2) is 0 Å². The van der Waals surface area contributed by atoms with Crippen molar-refractivity contribution in [2.75, 3.05) is 0 Å². The van der Waals surface area contributed by atoms with Crippen molar-refractivity contribution in [1.82, 2.24) is 0 Å². The molecule has 2 aromatic carbocycles. The predicted molar refractivity (Wildman–Crippen MR) is 81.5 cm³/mol. The monoisotopic (exact) mass is 266 g/mol. The molecule has 2 heteroatoms. The van der Waals surface area contributed by atoms with Crippen molar-refractivity contribution in [3.05, 3.63) is 73.2 Å². The standard InChI is InChI=1S/C18H18O2/c1-13(14-4-8-16(19)9-5-14)12-18(2,3)15-6-10-17(20)11-7-15/h2,4-11,19-20H,1,12H2,3H3. The molecule has 0 aliphatic heterocycles. The van der Waals surface area contributed by atoms with Gasteiger partial charge in [-0.15, -0.1) is 0 Å². The fraction of sp³-hybridized carbons (Fsp3) is 0.167. The maximum atomic E-state index is 9.33. The van der Waals surface area contributed by atoms with Crippen molar-refractivity contribution in [2.24, 2.45) is 0 Å². The third-order valence-electron chi connectivity index (χ3n) is 3.38. The number of benzene rings is 2. The maximum Gasteiger partial charge on any atom is 0.115 e. The zero-order valence-electron chi connectivity index (χ0n) is 11.5. The van der Waals surface area contributed by atoms with Crippen LogP contribution in [0.2, 0.25) is 0 Å². The van der Waals surface area contributed by atoms with Crippen LogP contribution >= 0.6 is 0 Å². The summed E-state index contributed by atoms with van der Waals surface area (Å²) in [7, 11) is 0. The average Bonchev–Trinajstić information content (AvgIpc) is 2.39. The summed E-state index contributed by atoms with van der Waals surface area (Å²) >= 11 is 0. The van der Waals surface area contributed by atoms with Gasteiger partial charge in [-0.1, -0.05) is 37.8 Å². The summed E-state index contributed by atoms with van der Waals surface area (Å²) in [5.41, 5.74) is 2.24. The number of phenols is 2. The van der Waals surface area contributed by atoms with Gasteiger partial charge < -0.3 is 10.2 Å². The largest absolute Gasteiger partial charge is 0.508 e. The number of hydrogen-bond donors (Lipinski definition) is 2. The highest BCUT2D eigenvalue weighted by molar-refractivity contribution is 5.65. The summed E-state index contributed by atoms with van der Waals surface area (Å²) < 4.78 is 0. The first-order valence-electron chi connectivity index (χ1n) is 6.44. The summed E-state index contributed by atoms with van der Waals surface area (Å²) in [5, 5.41) is 18.6. The lowest BCUT2D eigenvalue weighted by Gasteiger charge is -2.26. The highest BCUT2D eigenvalue weighted by Crippen LogP contribution is 2.34. The molecule has 1 unspecified atom stereocenters. The molecule has 0 aliphatic rings. The van der Waals surface area contributed by atoms with Gasteiger partial charge in [0.25, 0.3) is 0 Å². The van der Waals surface area contributed by atoms with Gasteiger partial charge in [-0.3, -0.25) is 0 Å². The van der Waals surface area contributed by atoms with Gasteiger partial charge in [-0.05, 0) is 59.7 Å². The summed E-state index contributed by atoms with van der Waals surface area (Å²) in [6.07, 6.45) is 0.586. The first kappa shape index (κ1) is 14.2. The molecule has 0 fully saturated rings. The minimum absolute atomic E-state index is 0.224. The fourth-order valence-electron chi connectivity index (χ4n) is 2.19. The molecule has 2 N–H and O–H groups in total. The SMILES string of the molecule is [CH]C(C)(CC(=C)c1ccc(O)cc1)c1ccc(O)cc1. The van der Waals surface area contributed by atoms with Crippen molar-refractivity contribution in [1.29, 1.82) is 0 Å². The van der Waals surface area contributed by atoms with E-state index in [0.717, 1.165) is 16.7 Å². The molecule has 2 radical (unpaired) electrons. The molecule has 2 rings (SSSR count). The third kappa shape index (κ3) is 3.21. The third-order valence-corrected chi connectivity index (χ3v) is 3.38. The van der Waals surface area contributed by atoms with Crippen LogP contribution in [-0.4, -0.2) is 10.2 Å². The molecule has 20 heavy (non-hydrogen) atoms. The number of phenolic OH excluding ortho intramolecular Hbond substituents is 2. The lowest BCUT2D eigenvalue weighted by Crippen LogP contribution is -2.17. The molecule has 2 aromatic rings. The second kappa shape index (κ2) is 5.41. The van der Waals surface area contributed by atoms with E-state index in [1.807, 2.05) is 31.2 Å². The van der Waals surface area contributed by atoms with Gasteiger partial charge in [-0.25, -0.2) is 0 Å². The lowest BCUT2D eigenvalue weighted by atomic mass is 9.78. The van der Waals surface area contributed by atoms with Crippen molar-refractivity contribution in [3.63, 3.8) is 0 Å². The van der Waals surface area contributed by atoms with Crippen LogP contribution in [0.1, 0.15) is 24.5 Å². The van der Waals surface area contributed by atoms with Crippen molar-refractivity contribution in [2.45, 2.75) is 18.8 Å². The van der Waals surface area contributed by atoms with E-state index in [-0.39, 0.29) is 11.5 Å². The molecule has 0 saturated carbocycles. The van der Waals surface area contributed by atoms with Crippen molar-refractivity contribution >= 4 is 5.57 Å². The Morgan fingerprint density at radius 1 is 1.00 bits per heavy atom. The zero-order valence-corrected chi connectivity index (χ0v) is 11.5. The number of rotatable bonds is 4. The Morgan fingerprint density at radius 3 is 1.95 bits per heavy atom. The van der Waals surface area contributed by atoms with E-state index in [1.165, 1.54) is 0 Å². The quantitative estimate of drug-likeness (QED) is 0.872. The molecule has 2 nitrogen and oxygen atoms in total. The molecule has 0 spiro atoms. The smallest absolute Gasteiger partial charge is 0.115 e. The van der Waals surface area contributed by atoms with E-state index in [1.54, 1.807) is 24.3 Å². The van der Waals surface area contributed by atoms with Gasteiger partial charge in [-0.2, -0.15) is 0 Å². The zero-order chi connectivity index (χ0) is 14.8. The van der Waals surface area contributed by atoms with Crippen LogP contribution in [-0.2, 0) is 5.41 Å². The first-order chi connectivity index (χ1) is 9.38. The summed E-state index contributed by atoms with van der Waals surface area (Å²) in [6.45, 7) is 12.4. The van der Waals surface area contributed by atoms with Crippen LogP contribution in [0.25, 0.3) is 5.57 Å². The summed E-state index contributed by atoms with van der Waals surface area (Å²) in [6, 6.07) is 13.8. The van der Waals surface area contributed by atoms with Crippen LogP contribution in [0.4, 0.5) is 0 Å². The highest BCUT2D eigenvalue weighted by atomic mass is 16.3. The Hall–Kier alpha value is -2.22. The summed E-state index contributed by atoms with van der Waals surface area (Å²) in [4.78, 5) is 0. The van der Waals surface area contributed by atoms with Gasteiger partial charge in [0.2, 0.25) is 0 Å². The van der Waals surface area contributed by atoms with E-state index in [4.69, 9.17) is 6.92 Å². The van der Waals surface area contributed by atoms with E-state index in [0.29, 0.717) is 6.42 Å². The minimum Gasteiger partial charge on any atom is -0.508 e. The first-order valence-corrected chi connectivity index (χ1v) is 6.44. The lowest BCUT2D eigenvalue weighted by molar-refractivity contribution is 0.474. The maximum absolute atomic E-state index is 9.33. The second-order valence-electron chi connectivity index (χ2n) is 5.29. The Balaban J connectivity index is 2.17.